The van der Waals surface area contributed by atoms with Crippen molar-refractivity contribution in [3.63, 3.8) is 0 Å². The second-order valence-electron chi connectivity index (χ2n) is 4.23. The number of nitrogen functional groups attached to an aromatic ring is 1. The fourth-order valence-electron chi connectivity index (χ4n) is 1.70. The van der Waals surface area contributed by atoms with Gasteiger partial charge in [0.15, 0.2) is 9.84 Å². The monoisotopic (exact) mass is 300 g/mol. The van der Waals surface area contributed by atoms with Crippen LogP contribution in [-0.2, 0) is 14.6 Å². The molecule has 7 heteroatoms. The molecule has 0 radical (unpaired) electrons. The second kappa shape index (κ2) is 7.14. The Bertz CT molecular complexity index is 570. The summed E-state index contributed by atoms with van der Waals surface area (Å²) in [6, 6.07) is 4.56. The zero-order chi connectivity index (χ0) is 15.2. The van der Waals surface area contributed by atoms with E-state index in [9.17, 15) is 13.2 Å². The number of sulfone groups is 1. The maximum atomic E-state index is 12.2. The molecule has 0 unspecified atom stereocenters. The van der Waals surface area contributed by atoms with Crippen LogP contribution in [0.1, 0.15) is 19.8 Å². The predicted molar refractivity (Wildman–Crippen MR) is 77.4 cm³/mol. The van der Waals surface area contributed by atoms with Crippen molar-refractivity contribution >= 4 is 21.4 Å². The van der Waals surface area contributed by atoms with Crippen molar-refractivity contribution in [1.82, 2.24) is 5.32 Å². The van der Waals surface area contributed by atoms with Crippen molar-refractivity contribution in [3.8, 4) is 5.75 Å². The molecule has 6 nitrogen and oxygen atoms in total. The lowest BCUT2D eigenvalue weighted by atomic mass is 10.3. The first kappa shape index (κ1) is 16.3. The highest BCUT2D eigenvalue weighted by Crippen LogP contribution is 2.25. The Labute approximate surface area is 119 Å². The molecular formula is C13H20N2O4S. The lowest BCUT2D eigenvalue weighted by molar-refractivity contribution is -0.120. The Balaban J connectivity index is 2.85. The lowest BCUT2D eigenvalue weighted by Gasteiger charge is -2.10. The van der Waals surface area contributed by atoms with Crippen molar-refractivity contribution in [2.45, 2.75) is 24.7 Å². The topological polar surface area (TPSA) is 98.5 Å². The maximum absolute atomic E-state index is 12.2. The Morgan fingerprint density at radius 2 is 2.10 bits per heavy atom. The van der Waals surface area contributed by atoms with Gasteiger partial charge in [0.05, 0.1) is 22.9 Å². The van der Waals surface area contributed by atoms with Gasteiger partial charge in [0.25, 0.3) is 0 Å². The molecule has 0 fully saturated rings. The lowest BCUT2D eigenvalue weighted by Crippen LogP contribution is -2.19. The highest BCUT2D eigenvalue weighted by Gasteiger charge is 2.19. The van der Waals surface area contributed by atoms with E-state index in [0.717, 1.165) is 0 Å². The normalized spacial score (nSPS) is 11.1. The summed E-state index contributed by atoms with van der Waals surface area (Å²) >= 11 is 0. The average molecular weight is 300 g/mol. The summed E-state index contributed by atoms with van der Waals surface area (Å²) in [5.74, 6) is 0.156. The number of nitrogens with one attached hydrogen (secondary N) is 1. The minimum atomic E-state index is -3.52. The number of carbonyl (C=O) groups excluding carboxylic acids is 1. The number of hydrogen-bond donors (Lipinski definition) is 2. The molecule has 0 saturated heterocycles. The van der Waals surface area contributed by atoms with Gasteiger partial charge in [-0.2, -0.15) is 0 Å². The molecule has 0 spiro atoms. The Hall–Kier alpha value is -1.76. The average Bonchev–Trinajstić information content (AvgIpc) is 2.40. The molecule has 0 saturated carbocycles. The zero-order valence-electron chi connectivity index (χ0n) is 11.7. The van der Waals surface area contributed by atoms with Crippen LogP contribution < -0.4 is 15.8 Å². The molecule has 0 aliphatic carbocycles. The van der Waals surface area contributed by atoms with Crippen molar-refractivity contribution < 1.29 is 17.9 Å². The number of carbonyl (C=O) groups is 1. The first-order valence-corrected chi connectivity index (χ1v) is 8.01. The van der Waals surface area contributed by atoms with E-state index < -0.39 is 9.84 Å². The zero-order valence-corrected chi connectivity index (χ0v) is 12.5. The molecule has 112 valence electrons. The molecule has 1 aromatic carbocycles. The van der Waals surface area contributed by atoms with Crippen molar-refractivity contribution in [1.29, 1.82) is 0 Å². The summed E-state index contributed by atoms with van der Waals surface area (Å²) in [4.78, 5) is 11.1. The van der Waals surface area contributed by atoms with Gasteiger partial charge in [-0.15, -0.1) is 0 Å². The second-order valence-corrected chi connectivity index (χ2v) is 6.31. The third-order valence-corrected chi connectivity index (χ3v) is 4.58. The molecule has 0 heterocycles. The van der Waals surface area contributed by atoms with Gasteiger partial charge in [0.1, 0.15) is 5.75 Å². The molecular weight excluding hydrogens is 280 g/mol. The molecule has 1 amide bonds. The summed E-state index contributed by atoms with van der Waals surface area (Å²) in [6.07, 6.45) is 0.418. The SMILES string of the molecule is CCOc1ccc(N)c(S(=O)(=O)CCCC(=O)NC)c1. The van der Waals surface area contributed by atoms with Crippen LogP contribution in [0, 0.1) is 0 Å². The molecule has 0 aromatic heterocycles. The van der Waals surface area contributed by atoms with Gasteiger partial charge in [-0.1, -0.05) is 0 Å². The van der Waals surface area contributed by atoms with E-state index in [0.29, 0.717) is 12.4 Å². The molecule has 3 N–H and O–H groups in total. The minimum absolute atomic E-state index is 0.0559. The van der Waals surface area contributed by atoms with Crippen molar-refractivity contribution in [3.05, 3.63) is 18.2 Å². The van der Waals surface area contributed by atoms with E-state index in [-0.39, 0.29) is 35.1 Å². The van der Waals surface area contributed by atoms with Gasteiger partial charge in [-0.25, -0.2) is 8.42 Å². The number of benzene rings is 1. The number of rotatable bonds is 7. The fourth-order valence-corrected chi connectivity index (χ4v) is 3.17. The standard InChI is InChI=1S/C13H20N2O4S/c1-3-19-10-6-7-11(14)12(9-10)20(17,18)8-4-5-13(16)15-2/h6-7,9H,3-5,8,14H2,1-2H3,(H,15,16). The smallest absolute Gasteiger partial charge is 0.219 e. The molecule has 1 rings (SSSR count). The van der Waals surface area contributed by atoms with Crippen LogP contribution in [0.5, 0.6) is 5.75 Å². The van der Waals surface area contributed by atoms with Gasteiger partial charge in [0.2, 0.25) is 5.91 Å². The van der Waals surface area contributed by atoms with Gasteiger partial charge < -0.3 is 15.8 Å². The van der Waals surface area contributed by atoms with E-state index in [1.165, 1.54) is 19.2 Å². The molecule has 1 aromatic rings. The van der Waals surface area contributed by atoms with Gasteiger partial charge in [-0.3, -0.25) is 4.79 Å². The highest BCUT2D eigenvalue weighted by atomic mass is 32.2. The Morgan fingerprint density at radius 3 is 2.70 bits per heavy atom. The Kier molecular flexibility index (Phi) is 5.82. The number of ether oxygens (including phenoxy) is 1. The predicted octanol–water partition coefficient (Wildman–Crippen LogP) is 0.967. The molecule has 20 heavy (non-hydrogen) atoms. The summed E-state index contributed by atoms with van der Waals surface area (Å²) in [7, 11) is -2.01. The van der Waals surface area contributed by atoms with Crippen LogP contribution in [0.15, 0.2) is 23.1 Å². The third-order valence-electron chi connectivity index (χ3n) is 2.73. The first-order chi connectivity index (χ1) is 9.40. The minimum Gasteiger partial charge on any atom is -0.494 e. The van der Waals surface area contributed by atoms with Crippen LogP contribution in [0.25, 0.3) is 0 Å². The quantitative estimate of drug-likeness (QED) is 0.731. The number of amides is 1. The number of anilines is 1. The summed E-state index contributed by atoms with van der Waals surface area (Å²) < 4.78 is 29.7. The van der Waals surface area contributed by atoms with Crippen LogP contribution in [0.3, 0.4) is 0 Å². The van der Waals surface area contributed by atoms with Gasteiger partial charge in [0, 0.05) is 19.5 Å². The summed E-state index contributed by atoms with van der Waals surface area (Å²) in [5, 5.41) is 2.45. The van der Waals surface area contributed by atoms with Crippen LogP contribution in [-0.4, -0.2) is 33.7 Å². The van der Waals surface area contributed by atoms with Crippen molar-refractivity contribution in [2.24, 2.45) is 0 Å². The molecule has 0 atom stereocenters. The van der Waals surface area contributed by atoms with Crippen LogP contribution in [0.2, 0.25) is 0 Å². The third kappa shape index (κ3) is 4.41. The summed E-state index contributed by atoms with van der Waals surface area (Å²) in [6.45, 7) is 2.26. The van der Waals surface area contributed by atoms with Gasteiger partial charge in [-0.05, 0) is 25.5 Å². The number of nitrogens with two attached hydrogens (primary N) is 1. The number of hydrogen-bond acceptors (Lipinski definition) is 5. The van der Waals surface area contributed by atoms with E-state index in [1.807, 2.05) is 6.92 Å². The maximum Gasteiger partial charge on any atom is 0.219 e. The highest BCUT2D eigenvalue weighted by molar-refractivity contribution is 7.91. The van der Waals surface area contributed by atoms with Crippen molar-refractivity contribution in [2.75, 3.05) is 25.1 Å². The van der Waals surface area contributed by atoms with Crippen LogP contribution >= 0.6 is 0 Å². The molecule has 0 aliphatic rings. The van der Waals surface area contributed by atoms with Gasteiger partial charge >= 0.3 is 0 Å². The van der Waals surface area contributed by atoms with Crippen LogP contribution in [0.4, 0.5) is 5.69 Å². The summed E-state index contributed by atoms with van der Waals surface area (Å²) in [5.41, 5.74) is 5.90. The van der Waals surface area contributed by atoms with E-state index in [2.05, 4.69) is 5.32 Å². The van der Waals surface area contributed by atoms with E-state index >= 15 is 0 Å². The fraction of sp³-hybridized carbons (Fsp3) is 0.462. The largest absolute Gasteiger partial charge is 0.494 e. The van der Waals surface area contributed by atoms with E-state index in [4.69, 9.17) is 10.5 Å². The molecule has 0 bridgehead atoms. The van der Waals surface area contributed by atoms with E-state index in [1.54, 1.807) is 6.07 Å². The molecule has 0 aliphatic heterocycles. The Morgan fingerprint density at radius 1 is 1.40 bits per heavy atom. The first-order valence-electron chi connectivity index (χ1n) is 6.36.